The Hall–Kier alpha value is -0.130. The van der Waals surface area contributed by atoms with E-state index in [1.807, 2.05) is 0 Å². The molecule has 0 unspecified atom stereocenters. The lowest BCUT2D eigenvalue weighted by Gasteiger charge is -1.98. The zero-order chi connectivity index (χ0) is 10.2. The lowest BCUT2D eigenvalue weighted by atomic mass is 10.1. The van der Waals surface area contributed by atoms with Crippen LogP contribution in [-0.2, 0) is 10.1 Å². The third-order valence-corrected chi connectivity index (χ3v) is 0.986. The van der Waals surface area contributed by atoms with Gasteiger partial charge in [-0.25, -0.2) is 0 Å². The zero-order valence-corrected chi connectivity index (χ0v) is 8.76. The average Bonchev–Trinajstić information content (AvgIpc) is 1.79. The molecule has 12 heavy (non-hydrogen) atoms. The highest BCUT2D eigenvalue weighted by Crippen LogP contribution is 2.00. The van der Waals surface area contributed by atoms with Crippen molar-refractivity contribution in [2.75, 3.05) is 12.8 Å². The van der Waals surface area contributed by atoms with Crippen LogP contribution in [0.1, 0.15) is 26.7 Å². The van der Waals surface area contributed by atoms with Gasteiger partial charge in [-0.3, -0.25) is 4.55 Å². The second kappa shape index (κ2) is 7.52. The number of rotatable bonds is 3. The molecule has 0 aromatic carbocycles. The molecule has 76 valence electrons. The first-order valence-corrected chi connectivity index (χ1v) is 5.74. The molecule has 5 heteroatoms. The van der Waals surface area contributed by atoms with Crippen LogP contribution in [0.2, 0.25) is 0 Å². The Kier molecular flexibility index (Phi) is 9.02. The van der Waals surface area contributed by atoms with Crippen LogP contribution in [0.3, 0.4) is 0 Å². The SMILES string of the molecule is CC(C)CCCN.CS(=O)(=O)O. The number of hydrogen-bond acceptors (Lipinski definition) is 3. The minimum Gasteiger partial charge on any atom is -0.330 e. The molecular formula is C7H19NO3S. The molecule has 0 saturated carbocycles. The molecule has 0 bridgehead atoms. The van der Waals surface area contributed by atoms with Gasteiger partial charge in [0.2, 0.25) is 0 Å². The smallest absolute Gasteiger partial charge is 0.261 e. The van der Waals surface area contributed by atoms with Crippen molar-refractivity contribution in [3.63, 3.8) is 0 Å². The summed E-state index contributed by atoms with van der Waals surface area (Å²) >= 11 is 0. The van der Waals surface area contributed by atoms with Gasteiger partial charge >= 0.3 is 0 Å². The molecule has 0 fully saturated rings. The minimum atomic E-state index is -3.67. The van der Waals surface area contributed by atoms with Gasteiger partial charge in [0, 0.05) is 0 Å². The van der Waals surface area contributed by atoms with E-state index in [2.05, 4.69) is 13.8 Å². The summed E-state index contributed by atoms with van der Waals surface area (Å²) in [5, 5.41) is 0. The van der Waals surface area contributed by atoms with Crippen molar-refractivity contribution in [1.29, 1.82) is 0 Å². The van der Waals surface area contributed by atoms with Gasteiger partial charge in [-0.1, -0.05) is 13.8 Å². The standard InChI is InChI=1S/C6H15N.CH4O3S/c1-6(2)4-3-5-7;1-5(2,3)4/h6H,3-5,7H2,1-2H3;1H3,(H,2,3,4). The maximum atomic E-state index is 9.19. The van der Waals surface area contributed by atoms with Crippen molar-refractivity contribution in [1.82, 2.24) is 0 Å². The minimum absolute atomic E-state index is 0.715. The van der Waals surface area contributed by atoms with E-state index in [0.717, 1.165) is 12.5 Å². The van der Waals surface area contributed by atoms with Gasteiger partial charge < -0.3 is 5.73 Å². The first kappa shape index (κ1) is 14.4. The molecule has 0 aliphatic rings. The topological polar surface area (TPSA) is 80.4 Å². The van der Waals surface area contributed by atoms with Gasteiger partial charge in [-0.15, -0.1) is 0 Å². The second-order valence-corrected chi connectivity index (χ2v) is 4.52. The molecule has 0 aromatic rings. The molecule has 0 rings (SSSR count). The fourth-order valence-corrected chi connectivity index (χ4v) is 0.526. The van der Waals surface area contributed by atoms with E-state index < -0.39 is 10.1 Å². The Labute approximate surface area is 74.9 Å². The van der Waals surface area contributed by atoms with Crippen LogP contribution in [0.4, 0.5) is 0 Å². The Bertz CT molecular complexity index is 167. The molecule has 0 radical (unpaired) electrons. The van der Waals surface area contributed by atoms with Crippen LogP contribution in [0.25, 0.3) is 0 Å². The maximum absolute atomic E-state index is 9.19. The van der Waals surface area contributed by atoms with Crippen molar-refractivity contribution < 1.29 is 13.0 Å². The molecule has 0 saturated heterocycles. The van der Waals surface area contributed by atoms with E-state index in [1.165, 1.54) is 12.8 Å². The molecule has 0 spiro atoms. The summed E-state index contributed by atoms with van der Waals surface area (Å²) in [6, 6.07) is 0. The predicted molar refractivity (Wildman–Crippen MR) is 50.6 cm³/mol. The number of nitrogens with two attached hydrogens (primary N) is 1. The van der Waals surface area contributed by atoms with Crippen molar-refractivity contribution in [3.05, 3.63) is 0 Å². The van der Waals surface area contributed by atoms with Crippen LogP contribution in [-0.4, -0.2) is 25.8 Å². The fraction of sp³-hybridized carbons (Fsp3) is 1.00. The van der Waals surface area contributed by atoms with Crippen LogP contribution >= 0.6 is 0 Å². The molecule has 0 aliphatic heterocycles. The van der Waals surface area contributed by atoms with Crippen LogP contribution in [0.15, 0.2) is 0 Å². The van der Waals surface area contributed by atoms with Crippen molar-refractivity contribution >= 4 is 10.1 Å². The first-order valence-electron chi connectivity index (χ1n) is 3.90. The monoisotopic (exact) mass is 197 g/mol. The molecule has 3 N–H and O–H groups in total. The predicted octanol–water partition coefficient (Wildman–Crippen LogP) is 0.885. The summed E-state index contributed by atoms with van der Waals surface area (Å²) < 4.78 is 25.9. The van der Waals surface area contributed by atoms with Gasteiger partial charge in [-0.2, -0.15) is 8.42 Å². The molecule has 0 aliphatic carbocycles. The van der Waals surface area contributed by atoms with Crippen molar-refractivity contribution in [3.8, 4) is 0 Å². The molecule has 0 aromatic heterocycles. The summed E-state index contributed by atoms with van der Waals surface area (Å²) in [7, 11) is -3.67. The van der Waals surface area contributed by atoms with Gasteiger partial charge in [0.25, 0.3) is 10.1 Å². The third-order valence-electron chi connectivity index (χ3n) is 0.986. The summed E-state index contributed by atoms with van der Waals surface area (Å²) in [5.41, 5.74) is 5.28. The van der Waals surface area contributed by atoms with Gasteiger partial charge in [-0.05, 0) is 25.3 Å². The third kappa shape index (κ3) is 51.8. The molecule has 0 amide bonds. The van der Waals surface area contributed by atoms with E-state index in [9.17, 15) is 8.42 Å². The van der Waals surface area contributed by atoms with E-state index >= 15 is 0 Å². The highest BCUT2D eigenvalue weighted by molar-refractivity contribution is 7.85. The van der Waals surface area contributed by atoms with E-state index in [4.69, 9.17) is 10.3 Å². The van der Waals surface area contributed by atoms with Crippen molar-refractivity contribution in [2.45, 2.75) is 26.7 Å². The van der Waals surface area contributed by atoms with Crippen LogP contribution < -0.4 is 5.73 Å². The second-order valence-electron chi connectivity index (χ2n) is 3.06. The Balaban J connectivity index is 0. The lowest BCUT2D eigenvalue weighted by molar-refractivity contribution is 0.490. The lowest BCUT2D eigenvalue weighted by Crippen LogP contribution is -1.99. The quantitative estimate of drug-likeness (QED) is 0.658. The normalized spacial score (nSPS) is 10.8. The van der Waals surface area contributed by atoms with Gasteiger partial charge in [0.15, 0.2) is 0 Å². The molecule has 0 atom stereocenters. The largest absolute Gasteiger partial charge is 0.330 e. The maximum Gasteiger partial charge on any atom is 0.261 e. The van der Waals surface area contributed by atoms with Crippen molar-refractivity contribution in [2.24, 2.45) is 11.7 Å². The summed E-state index contributed by atoms with van der Waals surface area (Å²) in [6.45, 7) is 5.28. The zero-order valence-electron chi connectivity index (χ0n) is 7.95. The Morgan fingerprint density at radius 2 is 1.75 bits per heavy atom. The van der Waals surface area contributed by atoms with Gasteiger partial charge in [0.05, 0.1) is 6.26 Å². The average molecular weight is 197 g/mol. The summed E-state index contributed by atoms with van der Waals surface area (Å²) in [6.07, 6.45) is 3.17. The number of hydrogen-bond donors (Lipinski definition) is 2. The van der Waals surface area contributed by atoms with Crippen LogP contribution in [0.5, 0.6) is 0 Å². The van der Waals surface area contributed by atoms with Gasteiger partial charge in [0.1, 0.15) is 0 Å². The van der Waals surface area contributed by atoms with E-state index in [1.54, 1.807) is 0 Å². The first-order chi connectivity index (χ1) is 5.27. The molecule has 0 heterocycles. The van der Waals surface area contributed by atoms with Crippen LogP contribution in [0, 0.1) is 5.92 Å². The summed E-state index contributed by atoms with van der Waals surface area (Å²) in [4.78, 5) is 0. The molecular weight excluding hydrogens is 178 g/mol. The fourth-order valence-electron chi connectivity index (χ4n) is 0.526. The Morgan fingerprint density at radius 1 is 1.42 bits per heavy atom. The van der Waals surface area contributed by atoms with E-state index in [0.29, 0.717) is 6.26 Å². The molecule has 4 nitrogen and oxygen atoms in total. The summed E-state index contributed by atoms with van der Waals surface area (Å²) in [5.74, 6) is 0.823. The Morgan fingerprint density at radius 3 is 1.83 bits per heavy atom. The van der Waals surface area contributed by atoms with E-state index in [-0.39, 0.29) is 0 Å². The highest BCUT2D eigenvalue weighted by atomic mass is 32.2. The highest BCUT2D eigenvalue weighted by Gasteiger charge is 1.88.